The summed E-state index contributed by atoms with van der Waals surface area (Å²) in [6.07, 6.45) is 0. The maximum atomic E-state index is 12.4. The van der Waals surface area contributed by atoms with E-state index in [0.29, 0.717) is 9.99 Å². The van der Waals surface area contributed by atoms with Crippen molar-refractivity contribution in [3.05, 3.63) is 8.47 Å². The van der Waals surface area contributed by atoms with E-state index >= 15 is 0 Å². The van der Waals surface area contributed by atoms with Gasteiger partial charge in [-0.3, -0.25) is 0 Å². The summed E-state index contributed by atoms with van der Waals surface area (Å²) in [6.45, 7) is 0. The number of hydrogen-bond donors (Lipinski definition) is 2. The van der Waals surface area contributed by atoms with Crippen molar-refractivity contribution in [1.29, 1.82) is 0 Å². The maximum Gasteiger partial charge on any atom is 0.160 e. The molecule has 1 atom stereocenters. The molecule has 0 fully saturated rings. The van der Waals surface area contributed by atoms with Gasteiger partial charge >= 0.3 is 0 Å². The quantitative estimate of drug-likeness (QED) is 0.577. The van der Waals surface area contributed by atoms with E-state index in [-0.39, 0.29) is 0 Å². The molecule has 0 radical (unpaired) electrons. The van der Waals surface area contributed by atoms with E-state index in [4.69, 9.17) is 0 Å². The predicted octanol–water partition coefficient (Wildman–Crippen LogP) is 2.75. The summed E-state index contributed by atoms with van der Waals surface area (Å²) < 4.78 is 14.0. The van der Waals surface area contributed by atoms with Crippen molar-refractivity contribution in [2.24, 2.45) is 0 Å². The van der Waals surface area contributed by atoms with Crippen molar-refractivity contribution < 1.29 is 4.39 Å². The molecule has 1 aliphatic rings. The van der Waals surface area contributed by atoms with Crippen LogP contribution in [0.1, 0.15) is 0 Å². The second-order valence-electron chi connectivity index (χ2n) is 1.45. The number of thioether (sulfide) groups is 2. The molecule has 0 amide bonds. The van der Waals surface area contributed by atoms with Gasteiger partial charge in [0.15, 0.2) is 5.50 Å². The van der Waals surface area contributed by atoms with Crippen molar-refractivity contribution in [2.45, 2.75) is 5.50 Å². The molecule has 5 heteroatoms. The Morgan fingerprint density at radius 3 is 2.56 bits per heavy atom. The molecule has 0 nitrogen and oxygen atoms in total. The van der Waals surface area contributed by atoms with Gasteiger partial charge in [0.05, 0.1) is 8.47 Å². The molecule has 1 aliphatic heterocycles. The first-order valence-corrected chi connectivity index (χ1v) is 5.02. The van der Waals surface area contributed by atoms with Gasteiger partial charge in [0.2, 0.25) is 0 Å². The fourth-order valence-corrected chi connectivity index (χ4v) is 2.88. The van der Waals surface area contributed by atoms with Crippen LogP contribution in [0.4, 0.5) is 4.39 Å². The highest BCUT2D eigenvalue weighted by Crippen LogP contribution is 2.42. The minimum atomic E-state index is -0.807. The van der Waals surface area contributed by atoms with Crippen LogP contribution in [-0.4, -0.2) is 11.3 Å². The zero-order valence-corrected chi connectivity index (χ0v) is 7.80. The first-order valence-electron chi connectivity index (χ1n) is 2.26. The van der Waals surface area contributed by atoms with Gasteiger partial charge in [-0.25, -0.2) is 4.39 Å². The topological polar surface area (TPSA) is 0 Å². The van der Waals surface area contributed by atoms with Gasteiger partial charge in [-0.15, -0.1) is 37.0 Å². The lowest BCUT2D eigenvalue weighted by atomic mass is 10.9. The molecule has 0 aromatic rings. The highest BCUT2D eigenvalue weighted by atomic mass is 32.2. The first-order chi connectivity index (χ1) is 4.20. The minimum Gasteiger partial charge on any atom is -0.234 e. The van der Waals surface area contributed by atoms with Crippen LogP contribution in [0.15, 0.2) is 8.47 Å². The molecule has 9 heavy (non-hydrogen) atoms. The SMILES string of the molecule is FC1CSC(S)=C(S)S1. The lowest BCUT2D eigenvalue weighted by molar-refractivity contribution is 0.490. The van der Waals surface area contributed by atoms with E-state index in [2.05, 4.69) is 25.3 Å². The summed E-state index contributed by atoms with van der Waals surface area (Å²) in [5, 5.41) is 0. The summed E-state index contributed by atoms with van der Waals surface area (Å²) in [5.41, 5.74) is -0.807. The first kappa shape index (κ1) is 8.17. The van der Waals surface area contributed by atoms with E-state index < -0.39 is 5.50 Å². The van der Waals surface area contributed by atoms with Crippen LogP contribution in [0, 0.1) is 0 Å². The number of halogens is 1. The molecule has 0 aromatic carbocycles. The van der Waals surface area contributed by atoms with E-state index in [1.807, 2.05) is 0 Å². The van der Waals surface area contributed by atoms with Gasteiger partial charge in [-0.1, -0.05) is 11.8 Å². The smallest absolute Gasteiger partial charge is 0.160 e. The van der Waals surface area contributed by atoms with Crippen LogP contribution in [0.25, 0.3) is 0 Å². The van der Waals surface area contributed by atoms with Gasteiger partial charge in [-0.2, -0.15) is 0 Å². The molecule has 1 unspecified atom stereocenters. The molecular formula is C4H5FS4. The minimum absolute atomic E-state index is 0.494. The number of hydrogen-bond acceptors (Lipinski definition) is 4. The van der Waals surface area contributed by atoms with E-state index in [1.54, 1.807) is 0 Å². The average molecular weight is 200 g/mol. The van der Waals surface area contributed by atoms with Crippen molar-refractivity contribution in [3.63, 3.8) is 0 Å². The molecule has 0 saturated heterocycles. The number of thiol groups is 2. The van der Waals surface area contributed by atoms with Gasteiger partial charge in [0, 0.05) is 5.75 Å². The molecule has 0 spiro atoms. The number of rotatable bonds is 0. The van der Waals surface area contributed by atoms with E-state index in [9.17, 15) is 4.39 Å². The van der Waals surface area contributed by atoms with Crippen LogP contribution in [-0.2, 0) is 0 Å². The van der Waals surface area contributed by atoms with Crippen molar-refractivity contribution >= 4 is 48.8 Å². The molecule has 0 N–H and O–H groups in total. The molecule has 0 aromatic heterocycles. The van der Waals surface area contributed by atoms with Crippen LogP contribution < -0.4 is 0 Å². The summed E-state index contributed by atoms with van der Waals surface area (Å²) >= 11 is 10.6. The molecule has 1 heterocycles. The largest absolute Gasteiger partial charge is 0.234 e. The van der Waals surface area contributed by atoms with Gasteiger partial charge in [0.25, 0.3) is 0 Å². The Morgan fingerprint density at radius 1 is 1.44 bits per heavy atom. The fourth-order valence-electron chi connectivity index (χ4n) is 0.412. The summed E-state index contributed by atoms with van der Waals surface area (Å²) in [6, 6.07) is 0. The third-order valence-electron chi connectivity index (χ3n) is 0.774. The highest BCUT2D eigenvalue weighted by Gasteiger charge is 2.17. The summed E-state index contributed by atoms with van der Waals surface area (Å²) in [7, 11) is 0. The van der Waals surface area contributed by atoms with Crippen LogP contribution in [0.2, 0.25) is 0 Å². The van der Waals surface area contributed by atoms with Gasteiger partial charge in [-0.05, 0) is 0 Å². The summed E-state index contributed by atoms with van der Waals surface area (Å²) in [4.78, 5) is 0. The lowest BCUT2D eigenvalue weighted by Crippen LogP contribution is -2.01. The lowest BCUT2D eigenvalue weighted by Gasteiger charge is -2.14. The second-order valence-corrected chi connectivity index (χ2v) is 5.13. The van der Waals surface area contributed by atoms with Crippen LogP contribution in [0.5, 0.6) is 0 Å². The molecule has 0 bridgehead atoms. The second kappa shape index (κ2) is 3.46. The highest BCUT2D eigenvalue weighted by molar-refractivity contribution is 8.23. The Bertz CT molecular complexity index is 144. The Morgan fingerprint density at radius 2 is 2.11 bits per heavy atom. The van der Waals surface area contributed by atoms with Crippen molar-refractivity contribution in [1.82, 2.24) is 0 Å². The Labute approximate surface area is 72.9 Å². The van der Waals surface area contributed by atoms with E-state index in [0.717, 1.165) is 16.0 Å². The van der Waals surface area contributed by atoms with Crippen molar-refractivity contribution in [2.75, 3.05) is 5.75 Å². The Hall–Kier alpha value is 1.07. The number of alkyl halides is 1. The molecule has 1 rings (SSSR count). The molecular weight excluding hydrogens is 195 g/mol. The van der Waals surface area contributed by atoms with Gasteiger partial charge < -0.3 is 0 Å². The normalized spacial score (nSPS) is 29.0. The standard InChI is InChI=1S/C4H5FS4/c5-2-1-8-3(6)4(7)9-2/h2,6-7H,1H2. The molecule has 0 aliphatic carbocycles. The summed E-state index contributed by atoms with van der Waals surface area (Å²) in [5.74, 6) is 0.494. The monoisotopic (exact) mass is 200 g/mol. The zero-order chi connectivity index (χ0) is 6.85. The molecule has 52 valence electrons. The Kier molecular flexibility index (Phi) is 3.14. The third-order valence-corrected chi connectivity index (χ3v) is 4.53. The van der Waals surface area contributed by atoms with Crippen LogP contribution >= 0.6 is 48.8 Å². The third kappa shape index (κ3) is 2.29. The maximum absolute atomic E-state index is 12.4. The van der Waals surface area contributed by atoms with Gasteiger partial charge in [0.1, 0.15) is 0 Å². The van der Waals surface area contributed by atoms with Crippen LogP contribution in [0.3, 0.4) is 0 Å². The zero-order valence-electron chi connectivity index (χ0n) is 4.37. The average Bonchev–Trinajstić information content (AvgIpc) is 1.80. The Balaban J connectivity index is 2.61. The fraction of sp³-hybridized carbons (Fsp3) is 0.500. The molecule has 0 saturated carbocycles. The van der Waals surface area contributed by atoms with Crippen molar-refractivity contribution in [3.8, 4) is 0 Å². The predicted molar refractivity (Wildman–Crippen MR) is 49.9 cm³/mol. The van der Waals surface area contributed by atoms with E-state index in [1.165, 1.54) is 11.8 Å².